The number of phenolic OH excluding ortho intramolecular Hbond substituents is 1. The third-order valence-corrected chi connectivity index (χ3v) is 11.4. The maximum absolute atomic E-state index is 12.8. The van der Waals surface area contributed by atoms with Gasteiger partial charge < -0.3 is 14.9 Å². The van der Waals surface area contributed by atoms with Crippen LogP contribution in [0.5, 0.6) is 11.5 Å². The zero-order chi connectivity index (χ0) is 24.3. The fourth-order valence-corrected chi connectivity index (χ4v) is 9.52. The predicted molar refractivity (Wildman–Crippen MR) is 138 cm³/mol. The molecule has 5 heteroatoms. The topological polar surface area (TPSA) is 56.2 Å². The number of aromatic hydroxyl groups is 1. The van der Waals surface area contributed by atoms with Gasteiger partial charge in [0.15, 0.2) is 11.5 Å². The average molecular weight is 487 g/mol. The minimum Gasteiger partial charge on any atom is -0.504 e. The van der Waals surface area contributed by atoms with Gasteiger partial charge in [-0.3, -0.25) is 9.80 Å². The second-order valence-corrected chi connectivity index (χ2v) is 12.9. The maximum Gasteiger partial charge on any atom is 0.165 e. The van der Waals surface area contributed by atoms with Crippen molar-refractivity contribution in [2.45, 2.75) is 87.1 Å². The smallest absolute Gasteiger partial charge is 0.165 e. The Labute approximate surface area is 214 Å². The molecule has 3 saturated carbocycles. The fourth-order valence-electron chi connectivity index (χ4n) is 9.52. The van der Waals surface area contributed by atoms with Crippen LogP contribution in [0.25, 0.3) is 0 Å². The number of likely N-dealkylation sites (tertiary alicyclic amines) is 1. The summed E-state index contributed by atoms with van der Waals surface area (Å²) in [6.45, 7) is 3.08. The lowest BCUT2D eigenvalue weighted by atomic mass is 9.40. The van der Waals surface area contributed by atoms with Crippen molar-refractivity contribution in [3.05, 3.63) is 59.2 Å². The summed E-state index contributed by atoms with van der Waals surface area (Å²) in [5, 5.41) is 23.8. The molecule has 0 amide bonds. The van der Waals surface area contributed by atoms with Crippen LogP contribution in [0.3, 0.4) is 0 Å². The summed E-state index contributed by atoms with van der Waals surface area (Å²) in [4.78, 5) is 5.17. The first kappa shape index (κ1) is 22.0. The lowest BCUT2D eigenvalue weighted by Crippen LogP contribution is -2.80. The summed E-state index contributed by atoms with van der Waals surface area (Å²) in [6.07, 6.45) is 8.54. The molecular weight excluding hydrogens is 448 g/mol. The second kappa shape index (κ2) is 7.27. The van der Waals surface area contributed by atoms with Crippen molar-refractivity contribution in [2.75, 3.05) is 20.1 Å². The molecule has 2 aromatic rings. The van der Waals surface area contributed by atoms with Gasteiger partial charge >= 0.3 is 0 Å². The molecule has 8 rings (SSSR count). The van der Waals surface area contributed by atoms with Gasteiger partial charge in [0.05, 0.1) is 11.0 Å². The summed E-state index contributed by atoms with van der Waals surface area (Å²) >= 11 is 0. The summed E-state index contributed by atoms with van der Waals surface area (Å²) in [5.74, 6) is 1.75. The van der Waals surface area contributed by atoms with Crippen molar-refractivity contribution in [2.24, 2.45) is 11.3 Å². The molecule has 6 atom stereocenters. The Balaban J connectivity index is 1.22. The molecule has 2 bridgehead atoms. The van der Waals surface area contributed by atoms with Gasteiger partial charge in [0.1, 0.15) is 6.10 Å². The van der Waals surface area contributed by atoms with Crippen LogP contribution < -0.4 is 4.74 Å². The molecule has 2 spiro atoms. The first-order chi connectivity index (χ1) is 17.5. The van der Waals surface area contributed by atoms with E-state index in [1.807, 2.05) is 6.07 Å². The van der Waals surface area contributed by atoms with Crippen molar-refractivity contribution in [1.82, 2.24) is 9.80 Å². The summed E-state index contributed by atoms with van der Waals surface area (Å²) < 4.78 is 6.94. The fraction of sp³-hybridized carbons (Fsp3) is 0.613. The molecule has 5 nitrogen and oxygen atoms in total. The van der Waals surface area contributed by atoms with Crippen molar-refractivity contribution < 1.29 is 14.9 Å². The van der Waals surface area contributed by atoms with Gasteiger partial charge in [-0.1, -0.05) is 36.4 Å². The number of hydrogen-bond acceptors (Lipinski definition) is 5. The zero-order valence-electron chi connectivity index (χ0n) is 21.3. The van der Waals surface area contributed by atoms with Crippen LogP contribution in [0.2, 0.25) is 0 Å². The van der Waals surface area contributed by atoms with E-state index in [0.29, 0.717) is 11.8 Å². The predicted octanol–water partition coefficient (Wildman–Crippen LogP) is 4.24. The maximum atomic E-state index is 12.8. The number of piperidine rings is 1. The van der Waals surface area contributed by atoms with Crippen molar-refractivity contribution >= 4 is 0 Å². The highest BCUT2D eigenvalue weighted by molar-refractivity contribution is 5.63. The number of fused-ring (bicyclic) bond motifs is 1. The van der Waals surface area contributed by atoms with E-state index in [4.69, 9.17) is 4.74 Å². The summed E-state index contributed by atoms with van der Waals surface area (Å²) in [7, 11) is 2.27. The Morgan fingerprint density at radius 3 is 2.61 bits per heavy atom. The Bertz CT molecular complexity index is 1210. The highest BCUT2D eigenvalue weighted by Crippen LogP contribution is 2.72. The number of benzene rings is 2. The molecule has 4 aliphatic carbocycles. The van der Waals surface area contributed by atoms with E-state index >= 15 is 0 Å². The monoisotopic (exact) mass is 486 g/mol. The van der Waals surface area contributed by atoms with Crippen LogP contribution in [0.15, 0.2) is 42.5 Å². The third-order valence-electron chi connectivity index (χ3n) is 11.4. The first-order valence-electron chi connectivity index (χ1n) is 14.2. The summed E-state index contributed by atoms with van der Waals surface area (Å²) in [6, 6.07) is 15.3. The van der Waals surface area contributed by atoms with Gasteiger partial charge in [-0.2, -0.15) is 0 Å². The second-order valence-electron chi connectivity index (χ2n) is 12.9. The molecule has 0 radical (unpaired) electrons. The lowest BCUT2D eigenvalue weighted by Gasteiger charge is -2.70. The lowest BCUT2D eigenvalue weighted by molar-refractivity contribution is -0.245. The van der Waals surface area contributed by atoms with E-state index in [1.165, 1.54) is 30.4 Å². The van der Waals surface area contributed by atoms with E-state index in [-0.39, 0.29) is 23.3 Å². The van der Waals surface area contributed by atoms with Crippen LogP contribution in [0.1, 0.15) is 61.6 Å². The van der Waals surface area contributed by atoms with Gasteiger partial charge in [-0.05, 0) is 88.1 Å². The molecule has 36 heavy (non-hydrogen) atoms. The van der Waals surface area contributed by atoms with E-state index in [9.17, 15) is 10.2 Å². The van der Waals surface area contributed by atoms with Gasteiger partial charge in [0, 0.05) is 36.2 Å². The van der Waals surface area contributed by atoms with Crippen LogP contribution in [-0.2, 0) is 18.4 Å². The van der Waals surface area contributed by atoms with Crippen molar-refractivity contribution in [3.8, 4) is 11.5 Å². The molecule has 190 valence electrons. The molecule has 1 saturated heterocycles. The number of aliphatic hydroxyl groups is 1. The molecular formula is C31H38N2O3. The van der Waals surface area contributed by atoms with Gasteiger partial charge in [0.2, 0.25) is 0 Å². The number of phenols is 1. The number of nitrogens with zero attached hydrogens (tertiary/aromatic N) is 2. The van der Waals surface area contributed by atoms with Gasteiger partial charge in [-0.15, -0.1) is 0 Å². The van der Waals surface area contributed by atoms with Crippen LogP contribution in [-0.4, -0.2) is 63.9 Å². The molecule has 0 unspecified atom stereocenters. The number of rotatable bonds is 5. The number of ether oxygens (including phenoxy) is 1. The SMILES string of the molecule is CN(Cc1ccccc1)[C@H]1CC[C@]12CC[C@@]1(O)[C@H]3Cc4ccc(O)c5c4[C@@]1(CCN3CC1CC1)[C@H]2O5. The highest BCUT2D eigenvalue weighted by Gasteiger charge is 2.78. The highest BCUT2D eigenvalue weighted by atomic mass is 16.5. The molecule has 2 N–H and O–H groups in total. The van der Waals surface area contributed by atoms with E-state index in [1.54, 1.807) is 0 Å². The molecule has 2 aliphatic heterocycles. The van der Waals surface area contributed by atoms with Crippen molar-refractivity contribution in [3.63, 3.8) is 0 Å². The Hall–Kier alpha value is -2.08. The van der Waals surface area contributed by atoms with Crippen molar-refractivity contribution in [1.29, 1.82) is 0 Å². The van der Waals surface area contributed by atoms with E-state index < -0.39 is 11.0 Å². The largest absolute Gasteiger partial charge is 0.504 e. The molecule has 2 aromatic carbocycles. The van der Waals surface area contributed by atoms with Gasteiger partial charge in [0.25, 0.3) is 0 Å². The summed E-state index contributed by atoms with van der Waals surface area (Å²) in [5.41, 5.74) is 2.61. The first-order valence-corrected chi connectivity index (χ1v) is 14.2. The Morgan fingerprint density at radius 1 is 1.03 bits per heavy atom. The molecule has 4 fully saturated rings. The molecule has 6 aliphatic rings. The van der Waals surface area contributed by atoms with Gasteiger partial charge in [-0.25, -0.2) is 0 Å². The standard InChI is InChI=1S/C31H38N2O3/c1-32(18-20-5-3-2-4-6-20)24-11-12-29(24)13-14-31(35)25-17-22-9-10-23(34)27-26(22)30(31,28(29)36-27)15-16-33(25)19-21-7-8-21/h2-6,9-10,21,24-25,28,34-35H,7-8,11-19H2,1H3/t24-,25+,28-,29-,30-,31+/m0/s1. The van der Waals surface area contributed by atoms with E-state index in [2.05, 4.69) is 53.2 Å². The quantitative estimate of drug-likeness (QED) is 0.662. The van der Waals surface area contributed by atoms with E-state index in [0.717, 1.165) is 63.2 Å². The van der Waals surface area contributed by atoms with Crippen LogP contribution >= 0.6 is 0 Å². The molecule has 2 heterocycles. The third kappa shape index (κ3) is 2.62. The zero-order valence-corrected chi connectivity index (χ0v) is 21.3. The van der Waals surface area contributed by atoms with Crippen LogP contribution in [0.4, 0.5) is 0 Å². The average Bonchev–Trinajstić information content (AvgIpc) is 3.59. The minimum absolute atomic E-state index is 0.0129. The number of hydrogen-bond donors (Lipinski definition) is 2. The normalized spacial score (nSPS) is 40.1. The van der Waals surface area contributed by atoms with Crippen LogP contribution in [0, 0.1) is 11.3 Å². The minimum atomic E-state index is -0.791. The Kier molecular flexibility index (Phi) is 4.43. The molecule has 0 aromatic heterocycles. The Morgan fingerprint density at radius 2 is 1.86 bits per heavy atom.